The third-order valence-electron chi connectivity index (χ3n) is 4.79. The Morgan fingerprint density at radius 2 is 0.958 bits per heavy atom. The summed E-state index contributed by atoms with van der Waals surface area (Å²) < 4.78 is 0. The van der Waals surface area contributed by atoms with E-state index in [0.717, 1.165) is 12.8 Å². The van der Waals surface area contributed by atoms with Gasteiger partial charge in [0.2, 0.25) is 0 Å². The van der Waals surface area contributed by atoms with Crippen LogP contribution < -0.4 is 0 Å². The SMILES string of the molecule is ClCc1c2ccccc2c(CCc2ccccc2)c2ccccc12. The van der Waals surface area contributed by atoms with Gasteiger partial charge in [-0.15, -0.1) is 11.6 Å². The van der Waals surface area contributed by atoms with Crippen LogP contribution >= 0.6 is 11.6 Å². The molecule has 0 N–H and O–H groups in total. The Morgan fingerprint density at radius 1 is 0.500 bits per heavy atom. The molecular formula is C23H19Cl. The predicted octanol–water partition coefficient (Wildman–Crippen LogP) is 6.52. The van der Waals surface area contributed by atoms with Crippen molar-refractivity contribution in [2.75, 3.05) is 0 Å². The topological polar surface area (TPSA) is 0 Å². The molecule has 0 spiro atoms. The molecule has 0 heterocycles. The van der Waals surface area contributed by atoms with Crippen molar-refractivity contribution < 1.29 is 0 Å². The van der Waals surface area contributed by atoms with Gasteiger partial charge in [0.05, 0.1) is 0 Å². The van der Waals surface area contributed by atoms with Crippen molar-refractivity contribution in [2.24, 2.45) is 0 Å². The Labute approximate surface area is 147 Å². The molecule has 0 saturated heterocycles. The van der Waals surface area contributed by atoms with Crippen LogP contribution in [-0.2, 0) is 18.7 Å². The molecule has 118 valence electrons. The van der Waals surface area contributed by atoms with Crippen LogP contribution in [-0.4, -0.2) is 0 Å². The number of alkyl halides is 1. The van der Waals surface area contributed by atoms with Gasteiger partial charge in [-0.05, 0) is 51.1 Å². The Bertz CT molecular complexity index is 930. The number of halogens is 1. The van der Waals surface area contributed by atoms with Gasteiger partial charge in [-0.3, -0.25) is 0 Å². The van der Waals surface area contributed by atoms with Crippen LogP contribution in [0.4, 0.5) is 0 Å². The normalized spacial score (nSPS) is 11.2. The first-order valence-corrected chi connectivity index (χ1v) is 8.93. The van der Waals surface area contributed by atoms with Crippen molar-refractivity contribution in [1.29, 1.82) is 0 Å². The van der Waals surface area contributed by atoms with E-state index in [4.69, 9.17) is 11.6 Å². The fourth-order valence-electron chi connectivity index (χ4n) is 3.64. The molecule has 0 aromatic heterocycles. The van der Waals surface area contributed by atoms with E-state index >= 15 is 0 Å². The van der Waals surface area contributed by atoms with Crippen molar-refractivity contribution in [2.45, 2.75) is 18.7 Å². The number of hydrogen-bond donors (Lipinski definition) is 0. The second-order valence-corrected chi connectivity index (χ2v) is 6.43. The Balaban J connectivity index is 1.92. The molecule has 0 radical (unpaired) electrons. The fraction of sp³-hybridized carbons (Fsp3) is 0.130. The third-order valence-corrected chi connectivity index (χ3v) is 5.06. The third kappa shape index (κ3) is 2.68. The molecule has 0 saturated carbocycles. The number of fused-ring (bicyclic) bond motifs is 2. The number of benzene rings is 4. The van der Waals surface area contributed by atoms with Gasteiger partial charge in [-0.25, -0.2) is 0 Å². The summed E-state index contributed by atoms with van der Waals surface area (Å²) in [4.78, 5) is 0. The first-order chi connectivity index (χ1) is 11.9. The standard InChI is InChI=1S/C23H19Cl/c24-16-23-20-12-6-4-10-18(20)22(19-11-5-7-13-21(19)23)15-14-17-8-2-1-3-9-17/h1-13H,14-16H2. The quantitative estimate of drug-likeness (QED) is 0.295. The molecule has 0 fully saturated rings. The molecule has 0 atom stereocenters. The zero-order valence-electron chi connectivity index (χ0n) is 13.5. The van der Waals surface area contributed by atoms with Crippen LogP contribution in [0.3, 0.4) is 0 Å². The number of aryl methyl sites for hydroxylation is 2. The van der Waals surface area contributed by atoms with Gasteiger partial charge >= 0.3 is 0 Å². The van der Waals surface area contributed by atoms with Crippen molar-refractivity contribution in [3.05, 3.63) is 95.6 Å². The van der Waals surface area contributed by atoms with Crippen molar-refractivity contribution >= 4 is 33.1 Å². The van der Waals surface area contributed by atoms with Gasteiger partial charge in [0.25, 0.3) is 0 Å². The summed E-state index contributed by atoms with van der Waals surface area (Å²) in [7, 11) is 0. The predicted molar refractivity (Wildman–Crippen MR) is 105 cm³/mol. The van der Waals surface area contributed by atoms with Crippen LogP contribution in [0.25, 0.3) is 21.5 Å². The Morgan fingerprint density at radius 3 is 1.46 bits per heavy atom. The lowest BCUT2D eigenvalue weighted by atomic mass is 9.89. The van der Waals surface area contributed by atoms with E-state index < -0.39 is 0 Å². The van der Waals surface area contributed by atoms with E-state index in [1.807, 2.05) is 0 Å². The molecule has 0 nitrogen and oxygen atoms in total. The molecular weight excluding hydrogens is 312 g/mol. The second kappa shape index (κ2) is 6.67. The highest BCUT2D eigenvalue weighted by atomic mass is 35.5. The van der Waals surface area contributed by atoms with Gasteiger partial charge in [0, 0.05) is 5.88 Å². The van der Waals surface area contributed by atoms with Crippen LogP contribution in [0.5, 0.6) is 0 Å². The van der Waals surface area contributed by atoms with E-state index in [2.05, 4.69) is 78.9 Å². The number of hydrogen-bond acceptors (Lipinski definition) is 0. The summed E-state index contributed by atoms with van der Waals surface area (Å²) in [5.74, 6) is 0.542. The second-order valence-electron chi connectivity index (χ2n) is 6.17. The lowest BCUT2D eigenvalue weighted by Gasteiger charge is -2.15. The van der Waals surface area contributed by atoms with Crippen molar-refractivity contribution in [1.82, 2.24) is 0 Å². The monoisotopic (exact) mass is 330 g/mol. The van der Waals surface area contributed by atoms with Crippen molar-refractivity contribution in [3.8, 4) is 0 Å². The molecule has 0 amide bonds. The molecule has 0 unspecified atom stereocenters. The summed E-state index contributed by atoms with van der Waals surface area (Å²) >= 11 is 6.31. The molecule has 24 heavy (non-hydrogen) atoms. The molecule has 0 aliphatic rings. The molecule has 4 rings (SSSR count). The summed E-state index contributed by atoms with van der Waals surface area (Å²) in [5.41, 5.74) is 4.05. The fourth-order valence-corrected chi connectivity index (χ4v) is 3.92. The van der Waals surface area contributed by atoms with E-state index in [9.17, 15) is 0 Å². The summed E-state index contributed by atoms with van der Waals surface area (Å²) in [6.45, 7) is 0. The van der Waals surface area contributed by atoms with E-state index in [1.165, 1.54) is 38.2 Å². The number of rotatable bonds is 4. The van der Waals surface area contributed by atoms with Gasteiger partial charge in [0.15, 0.2) is 0 Å². The molecule has 1 heteroatoms. The molecule has 0 bridgehead atoms. The van der Waals surface area contributed by atoms with E-state index in [1.54, 1.807) is 0 Å². The van der Waals surface area contributed by atoms with Gasteiger partial charge in [-0.1, -0.05) is 78.9 Å². The molecule has 4 aromatic rings. The minimum absolute atomic E-state index is 0.542. The van der Waals surface area contributed by atoms with Crippen LogP contribution in [0.2, 0.25) is 0 Å². The highest BCUT2D eigenvalue weighted by Crippen LogP contribution is 2.34. The van der Waals surface area contributed by atoms with Gasteiger partial charge < -0.3 is 0 Å². The molecule has 4 aromatic carbocycles. The van der Waals surface area contributed by atoms with E-state index in [-0.39, 0.29) is 0 Å². The minimum Gasteiger partial charge on any atom is -0.122 e. The first-order valence-electron chi connectivity index (χ1n) is 8.39. The lowest BCUT2D eigenvalue weighted by Crippen LogP contribution is -1.97. The summed E-state index contributed by atoms with van der Waals surface area (Å²) in [6, 6.07) is 28.0. The highest BCUT2D eigenvalue weighted by Gasteiger charge is 2.12. The van der Waals surface area contributed by atoms with Crippen LogP contribution in [0.1, 0.15) is 16.7 Å². The zero-order chi connectivity index (χ0) is 16.4. The van der Waals surface area contributed by atoms with Crippen molar-refractivity contribution in [3.63, 3.8) is 0 Å². The zero-order valence-corrected chi connectivity index (χ0v) is 14.3. The smallest absolute Gasteiger partial charge is 0.0486 e. The average Bonchev–Trinajstić information content (AvgIpc) is 2.66. The van der Waals surface area contributed by atoms with Gasteiger partial charge in [0.1, 0.15) is 0 Å². The Hall–Kier alpha value is -2.31. The van der Waals surface area contributed by atoms with E-state index in [0.29, 0.717) is 5.88 Å². The first kappa shape index (κ1) is 15.2. The Kier molecular flexibility index (Phi) is 4.23. The highest BCUT2D eigenvalue weighted by molar-refractivity contribution is 6.20. The minimum atomic E-state index is 0.542. The summed E-state index contributed by atoms with van der Waals surface area (Å²) in [6.07, 6.45) is 2.09. The molecule has 0 aliphatic heterocycles. The average molecular weight is 331 g/mol. The largest absolute Gasteiger partial charge is 0.122 e. The maximum atomic E-state index is 6.31. The maximum absolute atomic E-state index is 6.31. The maximum Gasteiger partial charge on any atom is 0.0486 e. The van der Waals surface area contributed by atoms with Gasteiger partial charge in [-0.2, -0.15) is 0 Å². The van der Waals surface area contributed by atoms with Crippen LogP contribution in [0.15, 0.2) is 78.9 Å². The summed E-state index contributed by atoms with van der Waals surface area (Å²) in [5, 5.41) is 5.24. The molecule has 0 aliphatic carbocycles. The van der Waals surface area contributed by atoms with Crippen LogP contribution in [0, 0.1) is 0 Å². The lowest BCUT2D eigenvalue weighted by molar-refractivity contribution is 0.977.